The van der Waals surface area contributed by atoms with E-state index in [4.69, 9.17) is 0 Å². The van der Waals surface area contributed by atoms with Crippen molar-refractivity contribution in [2.24, 2.45) is 4.40 Å². The predicted octanol–water partition coefficient (Wildman–Crippen LogP) is 1.21. The lowest BCUT2D eigenvalue weighted by atomic mass is 10.0. The van der Waals surface area contributed by atoms with Crippen molar-refractivity contribution < 1.29 is 8.42 Å². The molecule has 2 aliphatic rings. The van der Waals surface area contributed by atoms with Crippen LogP contribution in [0.25, 0.3) is 0 Å². The number of rotatable bonds is 2. The third kappa shape index (κ3) is 2.45. The lowest BCUT2D eigenvalue weighted by Crippen LogP contribution is -2.44. The summed E-state index contributed by atoms with van der Waals surface area (Å²) in [6.07, 6.45) is 3.58. The highest BCUT2D eigenvalue weighted by Gasteiger charge is 2.31. The maximum Gasteiger partial charge on any atom is 0.285 e. The van der Waals surface area contributed by atoms with Crippen LogP contribution in [-0.2, 0) is 10.0 Å². The quantitative estimate of drug-likeness (QED) is 0.890. The van der Waals surface area contributed by atoms with Crippen molar-refractivity contribution in [3.8, 4) is 0 Å². The average molecular weight is 293 g/mol. The predicted molar refractivity (Wildman–Crippen MR) is 78.4 cm³/mol. The van der Waals surface area contributed by atoms with Crippen LogP contribution in [0.5, 0.6) is 0 Å². The molecule has 1 N–H and O–H groups in total. The van der Waals surface area contributed by atoms with Gasteiger partial charge in [-0.25, -0.2) is 0 Å². The van der Waals surface area contributed by atoms with E-state index in [-0.39, 0.29) is 0 Å². The molecule has 1 aromatic rings. The summed E-state index contributed by atoms with van der Waals surface area (Å²) in [6.45, 7) is 1.82. The number of fused-ring (bicyclic) bond motifs is 1. The molecule has 108 valence electrons. The highest BCUT2D eigenvalue weighted by Crippen LogP contribution is 2.27. The molecule has 1 aromatic carbocycles. The lowest BCUT2D eigenvalue weighted by molar-refractivity contribution is 0.335. The van der Waals surface area contributed by atoms with Crippen LogP contribution in [0.2, 0.25) is 0 Å². The van der Waals surface area contributed by atoms with Crippen molar-refractivity contribution in [2.45, 2.75) is 30.2 Å². The minimum atomic E-state index is -3.51. The minimum absolute atomic E-state index is 0.318. The van der Waals surface area contributed by atoms with Crippen LogP contribution in [0.3, 0.4) is 0 Å². The number of likely N-dealkylation sites (N-methyl/N-ethyl adjacent to an activating group) is 1. The monoisotopic (exact) mass is 293 g/mol. The third-order valence-corrected chi connectivity index (χ3v) is 5.21. The molecule has 2 aliphatic heterocycles. The fourth-order valence-corrected chi connectivity index (χ4v) is 4.11. The van der Waals surface area contributed by atoms with E-state index in [2.05, 4.69) is 9.71 Å². The van der Waals surface area contributed by atoms with E-state index in [1.807, 2.05) is 24.1 Å². The maximum atomic E-state index is 12.0. The summed E-state index contributed by atoms with van der Waals surface area (Å²) in [5, 5.41) is 3.47. The number of hydrogen-bond acceptors (Lipinski definition) is 4. The zero-order chi connectivity index (χ0) is 14.2. The highest BCUT2D eigenvalue weighted by molar-refractivity contribution is 7.90. The van der Waals surface area contributed by atoms with Gasteiger partial charge in [-0.2, -0.15) is 8.42 Å². The molecule has 0 bridgehead atoms. The minimum Gasteiger partial charge on any atom is -0.357 e. The van der Waals surface area contributed by atoms with E-state index >= 15 is 0 Å². The Morgan fingerprint density at radius 2 is 2.15 bits per heavy atom. The second kappa shape index (κ2) is 5.18. The van der Waals surface area contributed by atoms with Crippen molar-refractivity contribution in [1.29, 1.82) is 0 Å². The molecule has 2 heterocycles. The Balaban J connectivity index is 1.83. The topological polar surface area (TPSA) is 61.8 Å². The summed E-state index contributed by atoms with van der Waals surface area (Å²) in [4.78, 5) is 2.27. The smallest absolute Gasteiger partial charge is 0.285 e. The van der Waals surface area contributed by atoms with Crippen molar-refractivity contribution in [3.05, 3.63) is 29.8 Å². The average Bonchev–Trinajstić information content (AvgIpc) is 2.73. The van der Waals surface area contributed by atoms with Gasteiger partial charge in [-0.1, -0.05) is 18.6 Å². The van der Waals surface area contributed by atoms with Gasteiger partial charge < -0.3 is 10.2 Å². The summed E-state index contributed by atoms with van der Waals surface area (Å²) < 4.78 is 28.0. The Morgan fingerprint density at radius 1 is 1.35 bits per heavy atom. The number of hydrogen-bond donors (Lipinski definition) is 1. The number of sulfonamides is 1. The molecule has 0 amide bonds. The molecular weight excluding hydrogens is 274 g/mol. The standard InChI is InChI=1S/C14H19N3O2S/c1-17(10-11-6-4-5-9-15-11)14-12-7-2-3-8-13(12)20(18,19)16-14/h2-3,7-8,11,15H,4-6,9-10H2,1H3/t11-/m0/s1. The van der Waals surface area contributed by atoms with Gasteiger partial charge in [0.25, 0.3) is 10.0 Å². The number of amidine groups is 1. The lowest BCUT2D eigenvalue weighted by Gasteiger charge is -2.29. The molecule has 6 heteroatoms. The molecule has 0 aromatic heterocycles. The Hall–Kier alpha value is -1.40. The summed E-state index contributed by atoms with van der Waals surface area (Å²) in [5.41, 5.74) is 0.714. The molecule has 1 fully saturated rings. The van der Waals surface area contributed by atoms with Gasteiger partial charge >= 0.3 is 0 Å². The van der Waals surface area contributed by atoms with E-state index in [9.17, 15) is 8.42 Å². The molecule has 3 rings (SSSR count). The summed E-state index contributed by atoms with van der Waals surface area (Å²) >= 11 is 0. The molecule has 0 aliphatic carbocycles. The Kier molecular flexibility index (Phi) is 3.52. The molecule has 1 saturated heterocycles. The van der Waals surface area contributed by atoms with E-state index in [0.717, 1.165) is 19.5 Å². The number of nitrogens with one attached hydrogen (secondary N) is 1. The number of piperidine rings is 1. The first-order valence-corrected chi connectivity index (χ1v) is 8.41. The van der Waals surface area contributed by atoms with E-state index in [1.165, 1.54) is 12.8 Å². The van der Waals surface area contributed by atoms with Gasteiger partial charge in [0, 0.05) is 25.2 Å². The second-order valence-electron chi connectivity index (χ2n) is 5.41. The van der Waals surface area contributed by atoms with Gasteiger partial charge in [0.1, 0.15) is 4.90 Å². The number of benzene rings is 1. The summed E-state index contributed by atoms with van der Waals surface area (Å²) in [6, 6.07) is 7.43. The van der Waals surface area contributed by atoms with Crippen LogP contribution < -0.4 is 5.32 Å². The zero-order valence-corrected chi connectivity index (χ0v) is 12.4. The van der Waals surface area contributed by atoms with Gasteiger partial charge in [0.2, 0.25) is 0 Å². The third-order valence-electron chi connectivity index (χ3n) is 3.88. The molecule has 5 nitrogen and oxygen atoms in total. The first kappa shape index (κ1) is 13.6. The molecule has 0 radical (unpaired) electrons. The van der Waals surface area contributed by atoms with Gasteiger partial charge in [0.05, 0.1) is 0 Å². The zero-order valence-electron chi connectivity index (χ0n) is 11.5. The Bertz CT molecular complexity index is 634. The van der Waals surface area contributed by atoms with Crippen LogP contribution in [0, 0.1) is 0 Å². The molecule has 0 unspecified atom stereocenters. The fraction of sp³-hybridized carbons (Fsp3) is 0.500. The van der Waals surface area contributed by atoms with E-state index in [1.54, 1.807) is 12.1 Å². The second-order valence-corrected chi connectivity index (χ2v) is 6.99. The molecule has 0 saturated carbocycles. The van der Waals surface area contributed by atoms with Crippen molar-refractivity contribution in [3.63, 3.8) is 0 Å². The Labute approximate surface area is 119 Å². The normalized spacial score (nSPS) is 24.1. The van der Waals surface area contributed by atoms with Crippen LogP contribution in [0.1, 0.15) is 24.8 Å². The van der Waals surface area contributed by atoms with Crippen molar-refractivity contribution in [2.75, 3.05) is 20.1 Å². The maximum absolute atomic E-state index is 12.0. The van der Waals surface area contributed by atoms with Crippen molar-refractivity contribution >= 4 is 15.9 Å². The first-order valence-electron chi connectivity index (χ1n) is 6.97. The van der Waals surface area contributed by atoms with Crippen LogP contribution in [0.15, 0.2) is 33.6 Å². The summed E-state index contributed by atoms with van der Waals surface area (Å²) in [7, 11) is -1.61. The molecule has 0 spiro atoms. The first-order chi connectivity index (χ1) is 9.58. The molecule has 1 atom stereocenters. The largest absolute Gasteiger partial charge is 0.357 e. The van der Waals surface area contributed by atoms with Crippen LogP contribution >= 0.6 is 0 Å². The van der Waals surface area contributed by atoms with E-state index < -0.39 is 10.0 Å². The molecule has 20 heavy (non-hydrogen) atoms. The van der Waals surface area contributed by atoms with Gasteiger partial charge in [-0.05, 0) is 31.5 Å². The Morgan fingerprint density at radius 3 is 2.90 bits per heavy atom. The van der Waals surface area contributed by atoms with Crippen molar-refractivity contribution in [1.82, 2.24) is 10.2 Å². The van der Waals surface area contributed by atoms with Crippen LogP contribution in [-0.4, -0.2) is 45.3 Å². The number of nitrogens with zero attached hydrogens (tertiary/aromatic N) is 2. The SMILES string of the molecule is CN(C[C@@H]1CCCCN1)C1=NS(=O)(=O)c2ccccc21. The fourth-order valence-electron chi connectivity index (χ4n) is 2.86. The molecular formula is C14H19N3O2S. The van der Waals surface area contributed by atoms with Gasteiger partial charge in [-0.15, -0.1) is 4.40 Å². The summed E-state index contributed by atoms with van der Waals surface area (Å²) in [5.74, 6) is 0.563. The van der Waals surface area contributed by atoms with Gasteiger partial charge in [0.15, 0.2) is 5.84 Å². The van der Waals surface area contributed by atoms with Gasteiger partial charge in [-0.3, -0.25) is 0 Å². The van der Waals surface area contributed by atoms with E-state index in [0.29, 0.717) is 22.3 Å². The highest BCUT2D eigenvalue weighted by atomic mass is 32.2. The van der Waals surface area contributed by atoms with Crippen LogP contribution in [0.4, 0.5) is 0 Å².